The van der Waals surface area contributed by atoms with Crippen LogP contribution in [-0.4, -0.2) is 41.1 Å². The minimum absolute atomic E-state index is 0.104. The van der Waals surface area contributed by atoms with Crippen LogP contribution in [0.4, 0.5) is 32.0 Å². The molecule has 2 rings (SSSR count). The van der Waals surface area contributed by atoms with Gasteiger partial charge >= 0.3 is 12.4 Å². The molecule has 33 heavy (non-hydrogen) atoms. The molecule has 12 heteroatoms. The number of carbonyl (C=O) groups is 2. The van der Waals surface area contributed by atoms with Crippen LogP contribution in [0.25, 0.3) is 0 Å². The zero-order valence-corrected chi connectivity index (χ0v) is 18.7. The summed E-state index contributed by atoms with van der Waals surface area (Å²) in [5, 5.41) is 4.11. The number of hydrogen-bond donors (Lipinski definition) is 0. The van der Waals surface area contributed by atoms with E-state index in [-0.39, 0.29) is 11.3 Å². The summed E-state index contributed by atoms with van der Waals surface area (Å²) >= 11 is 0. The normalized spacial score (nSPS) is 12.9. The summed E-state index contributed by atoms with van der Waals surface area (Å²) in [6, 6.07) is 2.77. The van der Waals surface area contributed by atoms with Gasteiger partial charge in [0.15, 0.2) is 0 Å². The highest BCUT2D eigenvalue weighted by atomic mass is 19.4. The van der Waals surface area contributed by atoms with Crippen molar-refractivity contribution in [2.45, 2.75) is 45.6 Å². The number of methoxy groups -OCH3 is 1. The molecule has 182 valence electrons. The summed E-state index contributed by atoms with van der Waals surface area (Å²) in [5.41, 5.74) is -5.17. The van der Waals surface area contributed by atoms with Crippen LogP contribution < -0.4 is 4.90 Å². The van der Waals surface area contributed by atoms with E-state index in [2.05, 4.69) is 9.84 Å². The van der Waals surface area contributed by atoms with Gasteiger partial charge in [-0.2, -0.15) is 31.4 Å². The molecule has 1 aromatic heterocycles. The highest BCUT2D eigenvalue weighted by molar-refractivity contribution is 6.22. The minimum Gasteiger partial charge on any atom is -0.357 e. The van der Waals surface area contributed by atoms with Crippen molar-refractivity contribution in [1.82, 2.24) is 9.78 Å². The van der Waals surface area contributed by atoms with Gasteiger partial charge in [0.05, 0.1) is 16.9 Å². The van der Waals surface area contributed by atoms with Crippen LogP contribution in [0.15, 0.2) is 24.3 Å². The average molecular weight is 479 g/mol. The molecule has 0 fully saturated rings. The summed E-state index contributed by atoms with van der Waals surface area (Å²) in [5.74, 6) is -2.19. The van der Waals surface area contributed by atoms with E-state index < -0.39 is 41.2 Å². The van der Waals surface area contributed by atoms with E-state index in [0.717, 1.165) is 17.0 Å². The topological polar surface area (TPSA) is 64.4 Å². The fourth-order valence-electron chi connectivity index (χ4n) is 3.48. The van der Waals surface area contributed by atoms with E-state index >= 15 is 0 Å². The third-order valence-electron chi connectivity index (χ3n) is 5.28. The van der Waals surface area contributed by atoms with E-state index in [1.54, 1.807) is 20.9 Å². The molecule has 0 atom stereocenters. The van der Waals surface area contributed by atoms with Gasteiger partial charge < -0.3 is 4.74 Å². The van der Waals surface area contributed by atoms with Crippen molar-refractivity contribution in [3.8, 4) is 0 Å². The molecule has 2 amide bonds. The Morgan fingerprint density at radius 2 is 1.48 bits per heavy atom. The number of halogens is 6. The second-order valence-corrected chi connectivity index (χ2v) is 7.73. The lowest BCUT2D eigenvalue weighted by atomic mass is 9.91. The zero-order valence-electron chi connectivity index (χ0n) is 18.7. The smallest absolute Gasteiger partial charge is 0.357 e. The number of ether oxygens (including phenoxy) is 1. The van der Waals surface area contributed by atoms with Gasteiger partial charge in [-0.25, -0.2) is 4.90 Å². The van der Waals surface area contributed by atoms with Crippen molar-refractivity contribution in [1.29, 1.82) is 0 Å². The minimum atomic E-state index is -5.82. The number of anilines is 1. The molecular weight excluding hydrogens is 456 g/mol. The molecule has 0 aliphatic rings. The monoisotopic (exact) mass is 479 g/mol. The molecule has 0 saturated heterocycles. The number of rotatable bonds is 5. The molecule has 0 spiro atoms. The molecule has 1 heterocycles. The highest BCUT2D eigenvalue weighted by Gasteiger charge is 2.73. The van der Waals surface area contributed by atoms with Crippen LogP contribution in [0.3, 0.4) is 0 Å². The predicted octanol–water partition coefficient (Wildman–Crippen LogP) is 4.83. The SMILES string of the molecule is COC(c1ccc(N(C(=O)c2c(C)nn(C)c2C)C(=O)C(C)C)cc1)(C(F)(F)F)C(F)(F)F. The Morgan fingerprint density at radius 3 is 1.82 bits per heavy atom. The third kappa shape index (κ3) is 4.35. The van der Waals surface area contributed by atoms with Crippen LogP contribution in [0.5, 0.6) is 0 Å². The van der Waals surface area contributed by atoms with Crippen molar-refractivity contribution in [3.63, 3.8) is 0 Å². The van der Waals surface area contributed by atoms with Crippen LogP contribution in [0.2, 0.25) is 0 Å². The molecule has 0 radical (unpaired) electrons. The second-order valence-electron chi connectivity index (χ2n) is 7.73. The van der Waals surface area contributed by atoms with Crippen molar-refractivity contribution in [2.24, 2.45) is 13.0 Å². The summed E-state index contributed by atoms with van der Waals surface area (Å²) < 4.78 is 86.5. The standard InChI is InChI=1S/C21H23F6N3O3/c1-11(2)17(31)30(18(32)16-12(3)28-29(5)13(16)4)15-9-7-14(8-10-15)19(33-6,20(22,23)24)21(25,26)27/h7-11H,1-6H3. The number of nitrogens with zero attached hydrogens (tertiary/aromatic N) is 3. The lowest BCUT2D eigenvalue weighted by molar-refractivity contribution is -0.383. The molecule has 2 aromatic rings. The van der Waals surface area contributed by atoms with E-state index in [4.69, 9.17) is 0 Å². The van der Waals surface area contributed by atoms with Crippen molar-refractivity contribution in [2.75, 3.05) is 12.0 Å². The zero-order chi connectivity index (χ0) is 25.5. The largest absolute Gasteiger partial charge is 0.430 e. The Hall–Kier alpha value is -2.89. The van der Waals surface area contributed by atoms with Gasteiger partial charge in [-0.1, -0.05) is 26.0 Å². The molecule has 0 unspecified atom stereocenters. The Morgan fingerprint density at radius 1 is 1.00 bits per heavy atom. The van der Waals surface area contributed by atoms with Crippen molar-refractivity contribution >= 4 is 17.5 Å². The maximum Gasteiger partial charge on any atom is 0.430 e. The molecule has 0 aliphatic carbocycles. The Balaban J connectivity index is 2.67. The fourth-order valence-corrected chi connectivity index (χ4v) is 3.48. The molecule has 1 aromatic carbocycles. The van der Waals surface area contributed by atoms with E-state index in [9.17, 15) is 35.9 Å². The van der Waals surface area contributed by atoms with Gasteiger partial charge in [0.1, 0.15) is 0 Å². The predicted molar refractivity (Wildman–Crippen MR) is 107 cm³/mol. The molecule has 0 saturated carbocycles. The van der Waals surface area contributed by atoms with E-state index in [1.165, 1.54) is 18.5 Å². The summed E-state index contributed by atoms with van der Waals surface area (Å²) in [7, 11) is 1.89. The molecular formula is C21H23F6N3O3. The lowest BCUT2D eigenvalue weighted by Crippen LogP contribution is -2.55. The quantitative estimate of drug-likeness (QED) is 0.577. The van der Waals surface area contributed by atoms with Gasteiger partial charge in [-0.15, -0.1) is 0 Å². The first-order valence-electron chi connectivity index (χ1n) is 9.68. The number of alkyl halides is 6. The number of aryl methyl sites for hydroxylation is 2. The van der Waals surface area contributed by atoms with Gasteiger partial charge in [0, 0.05) is 31.3 Å². The first-order valence-corrected chi connectivity index (χ1v) is 9.68. The molecule has 6 nitrogen and oxygen atoms in total. The molecule has 0 aliphatic heterocycles. The number of hydrogen-bond acceptors (Lipinski definition) is 4. The fraction of sp³-hybridized carbons (Fsp3) is 0.476. The Labute approximate surface area is 186 Å². The molecule has 0 N–H and O–H groups in total. The van der Waals surface area contributed by atoms with Crippen molar-refractivity contribution in [3.05, 3.63) is 46.8 Å². The summed E-state index contributed by atoms with van der Waals surface area (Å²) in [4.78, 5) is 26.8. The van der Waals surface area contributed by atoms with Gasteiger partial charge in [-0.05, 0) is 26.0 Å². The Bertz CT molecular complexity index is 1030. The van der Waals surface area contributed by atoms with E-state index in [0.29, 0.717) is 30.6 Å². The number of aromatic nitrogens is 2. The van der Waals surface area contributed by atoms with Gasteiger partial charge in [-0.3, -0.25) is 14.3 Å². The van der Waals surface area contributed by atoms with Gasteiger partial charge in [0.25, 0.3) is 11.5 Å². The molecule has 0 bridgehead atoms. The summed E-state index contributed by atoms with van der Waals surface area (Å²) in [6.45, 7) is 6.14. The number of amides is 2. The second kappa shape index (κ2) is 8.81. The first-order chi connectivity index (χ1) is 15.0. The average Bonchev–Trinajstić information content (AvgIpc) is 2.93. The summed E-state index contributed by atoms with van der Waals surface area (Å²) in [6.07, 6.45) is -11.6. The maximum absolute atomic E-state index is 13.5. The lowest BCUT2D eigenvalue weighted by Gasteiger charge is -2.36. The highest BCUT2D eigenvalue weighted by Crippen LogP contribution is 2.52. The van der Waals surface area contributed by atoms with Gasteiger partial charge in [0.2, 0.25) is 5.91 Å². The Kier molecular flexibility index (Phi) is 7.03. The van der Waals surface area contributed by atoms with Crippen LogP contribution in [0, 0.1) is 19.8 Å². The third-order valence-corrected chi connectivity index (χ3v) is 5.28. The number of carbonyl (C=O) groups excluding carboxylic acids is 2. The first kappa shape index (κ1) is 26.4. The van der Waals surface area contributed by atoms with E-state index in [1.807, 2.05) is 0 Å². The van der Waals surface area contributed by atoms with Crippen LogP contribution >= 0.6 is 0 Å². The number of benzene rings is 1. The van der Waals surface area contributed by atoms with Crippen LogP contribution in [0.1, 0.15) is 41.2 Å². The van der Waals surface area contributed by atoms with Crippen LogP contribution in [-0.2, 0) is 22.2 Å². The number of imide groups is 1. The van der Waals surface area contributed by atoms with Crippen molar-refractivity contribution < 1.29 is 40.7 Å². The maximum atomic E-state index is 13.5.